The molecule has 8 aromatic rings. The zero-order valence-corrected chi connectivity index (χ0v) is 30.8. The summed E-state index contributed by atoms with van der Waals surface area (Å²) < 4.78 is 0. The highest BCUT2D eigenvalue weighted by Gasteiger charge is 2.38. The van der Waals surface area contributed by atoms with Gasteiger partial charge in [0, 0.05) is 40.2 Å². The van der Waals surface area contributed by atoms with Gasteiger partial charge in [0.1, 0.15) is 0 Å². The van der Waals surface area contributed by atoms with Crippen molar-refractivity contribution < 1.29 is 0 Å². The van der Waals surface area contributed by atoms with Crippen LogP contribution in [-0.2, 0) is 5.41 Å². The summed E-state index contributed by atoms with van der Waals surface area (Å²) in [7, 11) is 0. The maximum absolute atomic E-state index is 5.38. The summed E-state index contributed by atoms with van der Waals surface area (Å²) in [5.74, 6) is 2.02. The predicted molar refractivity (Wildman–Crippen MR) is 225 cm³/mol. The molecule has 4 heteroatoms. The van der Waals surface area contributed by atoms with Gasteiger partial charge in [0.15, 0.2) is 17.5 Å². The van der Waals surface area contributed by atoms with E-state index in [0.717, 1.165) is 51.2 Å². The average Bonchev–Trinajstić information content (AvgIpc) is 3.48. The first kappa shape index (κ1) is 32.8. The second kappa shape index (κ2) is 13.3. The van der Waals surface area contributed by atoms with Crippen molar-refractivity contribution in [3.8, 4) is 56.4 Å². The molecular formula is C51H38N4. The fourth-order valence-electron chi connectivity index (χ4n) is 8.45. The van der Waals surface area contributed by atoms with Gasteiger partial charge in [0.25, 0.3) is 0 Å². The molecule has 1 aromatic heterocycles. The van der Waals surface area contributed by atoms with Gasteiger partial charge in [-0.1, -0.05) is 166 Å². The highest BCUT2D eigenvalue weighted by Crippen LogP contribution is 2.53. The van der Waals surface area contributed by atoms with Crippen molar-refractivity contribution in [1.29, 1.82) is 0 Å². The van der Waals surface area contributed by atoms with Crippen LogP contribution in [0.4, 0.5) is 5.69 Å². The summed E-state index contributed by atoms with van der Waals surface area (Å²) in [5, 5.41) is 0. The Kier molecular flexibility index (Phi) is 7.92. The SMILES string of the molecule is CC1(C)c2ccccc2-c2cc3c(cc21)N=C(c1ccccc1)CC3c1cccc(-c2nc(-c3ccccc3)nc(-c3cccc(-c4ccccc4)c3)n2)c1. The lowest BCUT2D eigenvalue weighted by Crippen LogP contribution is -2.17. The zero-order chi connectivity index (χ0) is 36.9. The first-order valence-electron chi connectivity index (χ1n) is 19.0. The van der Waals surface area contributed by atoms with E-state index in [1.165, 1.54) is 33.4 Å². The molecule has 262 valence electrons. The van der Waals surface area contributed by atoms with Crippen molar-refractivity contribution in [2.75, 3.05) is 0 Å². The number of hydrogen-bond acceptors (Lipinski definition) is 4. The minimum Gasteiger partial charge on any atom is -0.252 e. The van der Waals surface area contributed by atoms with Crippen LogP contribution >= 0.6 is 0 Å². The van der Waals surface area contributed by atoms with Crippen LogP contribution in [0, 0.1) is 0 Å². The van der Waals surface area contributed by atoms with Crippen LogP contribution in [0.5, 0.6) is 0 Å². The minimum atomic E-state index is -0.107. The van der Waals surface area contributed by atoms with Crippen LogP contribution < -0.4 is 0 Å². The molecule has 0 radical (unpaired) electrons. The maximum atomic E-state index is 5.38. The molecule has 10 rings (SSSR count). The maximum Gasteiger partial charge on any atom is 0.164 e. The number of benzene rings is 7. The minimum absolute atomic E-state index is 0.0845. The Balaban J connectivity index is 1.11. The Bertz CT molecular complexity index is 2750. The zero-order valence-electron chi connectivity index (χ0n) is 30.8. The van der Waals surface area contributed by atoms with Crippen LogP contribution in [0.25, 0.3) is 56.4 Å². The summed E-state index contributed by atoms with van der Waals surface area (Å²) in [6.45, 7) is 4.67. The number of aliphatic imine (C=N–C) groups is 1. The van der Waals surface area contributed by atoms with Gasteiger partial charge >= 0.3 is 0 Å². The third-order valence-corrected chi connectivity index (χ3v) is 11.3. The quantitative estimate of drug-likeness (QED) is 0.173. The fraction of sp³-hybridized carbons (Fsp3) is 0.0980. The summed E-state index contributed by atoms with van der Waals surface area (Å²) in [5.41, 5.74) is 16.1. The van der Waals surface area contributed by atoms with Crippen molar-refractivity contribution in [1.82, 2.24) is 15.0 Å². The summed E-state index contributed by atoms with van der Waals surface area (Å²) in [6.07, 6.45) is 0.786. The molecule has 1 unspecified atom stereocenters. The van der Waals surface area contributed by atoms with Crippen molar-refractivity contribution in [2.24, 2.45) is 4.99 Å². The van der Waals surface area contributed by atoms with Gasteiger partial charge in [0.05, 0.1) is 5.69 Å². The molecule has 0 amide bonds. The van der Waals surface area contributed by atoms with Crippen LogP contribution in [0.3, 0.4) is 0 Å². The number of nitrogens with zero attached hydrogens (tertiary/aromatic N) is 4. The van der Waals surface area contributed by atoms with Gasteiger partial charge in [-0.2, -0.15) is 0 Å². The van der Waals surface area contributed by atoms with Crippen molar-refractivity contribution >= 4 is 11.4 Å². The summed E-state index contributed by atoms with van der Waals surface area (Å²) in [6, 6.07) is 62.1. The Hall–Kier alpha value is -6.78. The number of hydrogen-bond donors (Lipinski definition) is 0. The monoisotopic (exact) mass is 706 g/mol. The van der Waals surface area contributed by atoms with E-state index in [9.17, 15) is 0 Å². The van der Waals surface area contributed by atoms with Crippen molar-refractivity contribution in [2.45, 2.75) is 31.6 Å². The molecule has 1 atom stereocenters. The van der Waals surface area contributed by atoms with E-state index in [1.807, 2.05) is 24.3 Å². The van der Waals surface area contributed by atoms with E-state index in [1.54, 1.807) is 0 Å². The van der Waals surface area contributed by atoms with Gasteiger partial charge in [-0.15, -0.1) is 0 Å². The van der Waals surface area contributed by atoms with E-state index in [0.29, 0.717) is 17.5 Å². The van der Waals surface area contributed by atoms with Crippen molar-refractivity contribution in [3.05, 3.63) is 204 Å². The first-order chi connectivity index (χ1) is 27.0. The molecule has 0 N–H and O–H groups in total. The van der Waals surface area contributed by atoms with E-state index in [2.05, 4.69) is 166 Å². The van der Waals surface area contributed by atoms with Crippen LogP contribution in [0.1, 0.15) is 54.0 Å². The number of rotatable bonds is 6. The molecule has 0 fully saturated rings. The van der Waals surface area contributed by atoms with E-state index in [4.69, 9.17) is 19.9 Å². The molecule has 0 saturated heterocycles. The molecule has 2 heterocycles. The second-order valence-electron chi connectivity index (χ2n) is 15.1. The van der Waals surface area contributed by atoms with Gasteiger partial charge < -0.3 is 0 Å². The summed E-state index contributed by atoms with van der Waals surface area (Å²) in [4.78, 5) is 20.7. The highest BCUT2D eigenvalue weighted by atomic mass is 15.0. The molecule has 1 aliphatic heterocycles. The molecular weight excluding hydrogens is 669 g/mol. The summed E-state index contributed by atoms with van der Waals surface area (Å²) >= 11 is 0. The smallest absolute Gasteiger partial charge is 0.164 e. The fourth-order valence-corrected chi connectivity index (χ4v) is 8.45. The van der Waals surface area contributed by atoms with Gasteiger partial charge in [-0.05, 0) is 74.3 Å². The lowest BCUT2D eigenvalue weighted by molar-refractivity contribution is 0.659. The molecule has 4 nitrogen and oxygen atoms in total. The molecule has 0 spiro atoms. The largest absolute Gasteiger partial charge is 0.252 e. The van der Waals surface area contributed by atoms with Crippen LogP contribution in [0.15, 0.2) is 181 Å². The first-order valence-corrected chi connectivity index (χ1v) is 19.0. The third kappa shape index (κ3) is 5.87. The second-order valence-corrected chi connectivity index (χ2v) is 15.1. The van der Waals surface area contributed by atoms with Gasteiger partial charge in [-0.25, -0.2) is 15.0 Å². The highest BCUT2D eigenvalue weighted by molar-refractivity contribution is 6.04. The lowest BCUT2D eigenvalue weighted by atomic mass is 9.78. The van der Waals surface area contributed by atoms with E-state index >= 15 is 0 Å². The van der Waals surface area contributed by atoms with E-state index in [-0.39, 0.29) is 11.3 Å². The predicted octanol–water partition coefficient (Wildman–Crippen LogP) is 12.5. The molecule has 2 aliphatic rings. The molecule has 0 saturated carbocycles. The lowest BCUT2D eigenvalue weighted by Gasteiger charge is -2.28. The Labute approximate surface area is 322 Å². The average molecular weight is 707 g/mol. The Morgan fingerprint density at radius 2 is 0.982 bits per heavy atom. The molecule has 55 heavy (non-hydrogen) atoms. The molecule has 1 aliphatic carbocycles. The van der Waals surface area contributed by atoms with Crippen LogP contribution in [-0.4, -0.2) is 20.7 Å². The number of fused-ring (bicyclic) bond motifs is 4. The standard InChI is InChI=1S/C51H38N4/c1-51(2)44-27-13-12-26-40(44)42-30-43-41(31-46(34-18-8-4-9-19-34)52-47(43)32-45(42)51)37-23-15-25-39(29-37)50-54-48(35-20-10-5-11-21-35)53-49(55-50)38-24-14-22-36(28-38)33-16-6-3-7-17-33/h3-30,32,41H,31H2,1-2H3. The molecule has 7 aromatic carbocycles. The van der Waals surface area contributed by atoms with Crippen molar-refractivity contribution in [3.63, 3.8) is 0 Å². The molecule has 0 bridgehead atoms. The van der Waals surface area contributed by atoms with Gasteiger partial charge in [-0.3, -0.25) is 4.99 Å². The number of aromatic nitrogens is 3. The Morgan fingerprint density at radius 3 is 1.69 bits per heavy atom. The topological polar surface area (TPSA) is 51.0 Å². The van der Waals surface area contributed by atoms with Crippen LogP contribution in [0.2, 0.25) is 0 Å². The van der Waals surface area contributed by atoms with Gasteiger partial charge in [0.2, 0.25) is 0 Å². The third-order valence-electron chi connectivity index (χ3n) is 11.3. The van der Waals surface area contributed by atoms with E-state index < -0.39 is 0 Å². The Morgan fingerprint density at radius 1 is 0.436 bits per heavy atom. The normalized spacial score (nSPS) is 15.1.